The average molecular weight is 478 g/mol. The van der Waals surface area contributed by atoms with Gasteiger partial charge in [0.2, 0.25) is 0 Å². The number of hydrogen-bond acceptors (Lipinski definition) is 6. The molecule has 1 amide bonds. The van der Waals surface area contributed by atoms with Crippen molar-refractivity contribution in [2.45, 2.75) is 6.54 Å². The highest BCUT2D eigenvalue weighted by molar-refractivity contribution is 7.17. The van der Waals surface area contributed by atoms with Gasteiger partial charge in [-0.05, 0) is 36.4 Å². The monoisotopic (exact) mass is 477 g/mol. The third-order valence-electron chi connectivity index (χ3n) is 4.86. The number of nitrogens with one attached hydrogen (secondary N) is 1. The second-order valence-corrected chi connectivity index (χ2v) is 8.71. The average Bonchev–Trinajstić information content (AvgIpc) is 3.59. The molecule has 0 aliphatic heterocycles. The lowest BCUT2D eigenvalue weighted by molar-refractivity contribution is 0.0954. The number of nitrogens with zero attached hydrogens (tertiary/aromatic N) is 6. The number of carbonyl (C=O) groups excluding carboxylic acids is 1. The maximum atomic E-state index is 12.3. The molecular weight excluding hydrogens is 462 g/mol. The Morgan fingerprint density at radius 3 is 2.76 bits per heavy atom. The molecule has 0 unspecified atom stereocenters. The predicted molar refractivity (Wildman–Crippen MR) is 125 cm³/mol. The van der Waals surface area contributed by atoms with E-state index in [1.807, 2.05) is 22.8 Å². The number of imidazole rings is 1. The molecule has 33 heavy (non-hydrogen) atoms. The van der Waals surface area contributed by atoms with Crippen molar-refractivity contribution in [2.75, 3.05) is 0 Å². The van der Waals surface area contributed by atoms with Crippen LogP contribution in [0.5, 0.6) is 0 Å². The van der Waals surface area contributed by atoms with Crippen LogP contribution in [-0.2, 0) is 6.54 Å². The summed E-state index contributed by atoms with van der Waals surface area (Å²) in [6.45, 7) is 0.215. The minimum Gasteiger partial charge on any atom is -0.346 e. The minimum atomic E-state index is -0.224. The number of rotatable bonds is 6. The van der Waals surface area contributed by atoms with Crippen LogP contribution < -0.4 is 10.9 Å². The Balaban J connectivity index is 1.44. The summed E-state index contributed by atoms with van der Waals surface area (Å²) in [4.78, 5) is 29.2. The lowest BCUT2D eigenvalue weighted by Gasteiger charge is -2.13. The molecular formula is C22H16ClN7O2S. The normalized spacial score (nSPS) is 10.9. The highest BCUT2D eigenvalue weighted by Crippen LogP contribution is 2.23. The van der Waals surface area contributed by atoms with Gasteiger partial charge >= 0.3 is 0 Å². The zero-order valence-corrected chi connectivity index (χ0v) is 18.6. The van der Waals surface area contributed by atoms with Crippen molar-refractivity contribution in [1.29, 1.82) is 0 Å². The lowest BCUT2D eigenvalue weighted by atomic mass is 10.2. The van der Waals surface area contributed by atoms with Gasteiger partial charge < -0.3 is 9.88 Å². The molecule has 5 aromatic rings. The molecule has 0 saturated heterocycles. The van der Waals surface area contributed by atoms with E-state index < -0.39 is 0 Å². The number of carbonyl (C=O) groups is 1. The fraction of sp³-hybridized carbons (Fsp3) is 0.0455. The van der Waals surface area contributed by atoms with Crippen molar-refractivity contribution < 1.29 is 4.79 Å². The maximum Gasteiger partial charge on any atom is 0.261 e. The van der Waals surface area contributed by atoms with Gasteiger partial charge in [-0.3, -0.25) is 14.2 Å². The van der Waals surface area contributed by atoms with Crippen LogP contribution in [0, 0.1) is 0 Å². The SMILES string of the molecule is O=C(NCc1cn(-c2ccc(-n3ccccc3=O)cc2-n2ccnc2)nn1)c1ccc(Cl)s1. The van der Waals surface area contributed by atoms with Crippen molar-refractivity contribution >= 4 is 28.8 Å². The predicted octanol–water partition coefficient (Wildman–Crippen LogP) is 3.25. The second kappa shape index (κ2) is 8.85. The van der Waals surface area contributed by atoms with E-state index in [0.29, 0.717) is 20.6 Å². The van der Waals surface area contributed by atoms with Gasteiger partial charge in [0.15, 0.2) is 0 Å². The van der Waals surface area contributed by atoms with Crippen molar-refractivity contribution in [2.24, 2.45) is 0 Å². The fourth-order valence-electron chi connectivity index (χ4n) is 3.30. The Bertz CT molecular complexity index is 1490. The number of thiophene rings is 1. The Hall–Kier alpha value is -4.02. The molecule has 1 N–H and O–H groups in total. The van der Waals surface area contributed by atoms with E-state index in [0.717, 1.165) is 11.4 Å². The summed E-state index contributed by atoms with van der Waals surface area (Å²) in [6, 6.07) is 13.9. The molecule has 0 aliphatic carbocycles. The summed E-state index contributed by atoms with van der Waals surface area (Å²) in [5.41, 5.74) is 2.65. The zero-order valence-electron chi connectivity index (χ0n) is 17.0. The molecule has 0 saturated carbocycles. The van der Waals surface area contributed by atoms with E-state index in [9.17, 15) is 9.59 Å². The van der Waals surface area contributed by atoms with Gasteiger partial charge in [0.05, 0.1) is 45.3 Å². The van der Waals surface area contributed by atoms with Crippen LogP contribution in [0.1, 0.15) is 15.4 Å². The van der Waals surface area contributed by atoms with Gasteiger partial charge in [0.25, 0.3) is 11.5 Å². The zero-order chi connectivity index (χ0) is 22.8. The number of aromatic nitrogens is 6. The molecule has 4 aromatic heterocycles. The lowest BCUT2D eigenvalue weighted by Crippen LogP contribution is -2.21. The smallest absolute Gasteiger partial charge is 0.261 e. The third-order valence-corrected chi connectivity index (χ3v) is 6.09. The van der Waals surface area contributed by atoms with Crippen LogP contribution in [0.15, 0.2) is 84.4 Å². The van der Waals surface area contributed by atoms with Gasteiger partial charge in [0, 0.05) is 24.7 Å². The Kier molecular flexibility index (Phi) is 5.59. The van der Waals surface area contributed by atoms with Crippen LogP contribution in [0.25, 0.3) is 17.1 Å². The van der Waals surface area contributed by atoms with Gasteiger partial charge in [-0.1, -0.05) is 22.9 Å². The Morgan fingerprint density at radius 2 is 2.00 bits per heavy atom. The Morgan fingerprint density at radius 1 is 1.09 bits per heavy atom. The molecule has 1 aromatic carbocycles. The topological polar surface area (TPSA) is 99.6 Å². The van der Waals surface area contributed by atoms with E-state index in [2.05, 4.69) is 20.6 Å². The summed E-state index contributed by atoms with van der Waals surface area (Å²) in [5, 5.41) is 11.2. The Labute approximate surface area is 196 Å². The molecule has 9 nitrogen and oxygen atoms in total. The van der Waals surface area contributed by atoms with Gasteiger partial charge in [-0.2, -0.15) is 0 Å². The maximum absolute atomic E-state index is 12.3. The number of halogens is 1. The summed E-state index contributed by atoms with van der Waals surface area (Å²) < 4.78 is 5.57. The van der Waals surface area contributed by atoms with Crippen LogP contribution >= 0.6 is 22.9 Å². The quantitative estimate of drug-likeness (QED) is 0.404. The molecule has 164 valence electrons. The van der Waals surface area contributed by atoms with E-state index in [-0.39, 0.29) is 18.0 Å². The molecule has 0 atom stereocenters. The molecule has 0 aliphatic rings. The molecule has 0 fully saturated rings. The highest BCUT2D eigenvalue weighted by atomic mass is 35.5. The van der Waals surface area contributed by atoms with Gasteiger partial charge in [-0.15, -0.1) is 16.4 Å². The first-order valence-electron chi connectivity index (χ1n) is 9.84. The van der Waals surface area contributed by atoms with Crippen LogP contribution in [0.4, 0.5) is 0 Å². The number of pyridine rings is 1. The van der Waals surface area contributed by atoms with E-state index in [1.54, 1.807) is 64.6 Å². The number of benzene rings is 1. The first kappa shape index (κ1) is 20.9. The molecule has 4 heterocycles. The van der Waals surface area contributed by atoms with E-state index in [1.165, 1.54) is 17.4 Å². The molecule has 0 radical (unpaired) electrons. The highest BCUT2D eigenvalue weighted by Gasteiger charge is 2.13. The standard InChI is InChI=1S/C22H16ClN7O2S/c23-20-7-6-19(33-20)22(32)25-12-15-13-30(27-26-15)17-5-4-16(29-9-2-1-3-21(29)31)11-18(17)28-10-8-24-14-28/h1-11,13-14H,12H2,(H,25,32). The van der Waals surface area contributed by atoms with E-state index in [4.69, 9.17) is 11.6 Å². The molecule has 0 bridgehead atoms. The summed E-state index contributed by atoms with van der Waals surface area (Å²) in [6.07, 6.45) is 8.60. The second-order valence-electron chi connectivity index (χ2n) is 6.99. The summed E-state index contributed by atoms with van der Waals surface area (Å²) >= 11 is 7.11. The first-order valence-corrected chi connectivity index (χ1v) is 11.0. The fourth-order valence-corrected chi connectivity index (χ4v) is 4.26. The van der Waals surface area contributed by atoms with Crippen LogP contribution in [0.3, 0.4) is 0 Å². The summed E-state index contributed by atoms with van der Waals surface area (Å²) in [5.74, 6) is -0.224. The number of amides is 1. The van der Waals surface area contributed by atoms with Crippen LogP contribution in [-0.4, -0.2) is 35.0 Å². The summed E-state index contributed by atoms with van der Waals surface area (Å²) in [7, 11) is 0. The van der Waals surface area contributed by atoms with E-state index >= 15 is 0 Å². The van der Waals surface area contributed by atoms with Crippen molar-refractivity contribution in [3.63, 3.8) is 0 Å². The largest absolute Gasteiger partial charge is 0.346 e. The first-order chi connectivity index (χ1) is 16.1. The molecule has 5 rings (SSSR count). The van der Waals surface area contributed by atoms with Gasteiger partial charge in [0.1, 0.15) is 5.69 Å². The van der Waals surface area contributed by atoms with Crippen molar-refractivity contribution in [3.8, 4) is 17.1 Å². The van der Waals surface area contributed by atoms with Crippen molar-refractivity contribution in [1.82, 2.24) is 34.4 Å². The molecule has 11 heteroatoms. The third kappa shape index (κ3) is 4.34. The van der Waals surface area contributed by atoms with Gasteiger partial charge in [-0.25, -0.2) is 9.67 Å². The van der Waals surface area contributed by atoms with Crippen molar-refractivity contribution in [3.05, 3.63) is 105 Å². The number of hydrogen-bond donors (Lipinski definition) is 1. The van der Waals surface area contributed by atoms with Crippen LogP contribution in [0.2, 0.25) is 4.34 Å². The molecule has 0 spiro atoms. The minimum absolute atomic E-state index is 0.132.